The number of nitrogens with zero attached hydrogens (tertiary/aromatic N) is 5. The van der Waals surface area contributed by atoms with Gasteiger partial charge in [0, 0.05) is 39.2 Å². The van der Waals surface area contributed by atoms with Crippen molar-refractivity contribution in [2.24, 2.45) is 5.92 Å². The fourth-order valence-corrected chi connectivity index (χ4v) is 3.68. The average molecular weight is 437 g/mol. The maximum Gasteiger partial charge on any atom is 0.306 e. The molecule has 1 saturated carbocycles. The summed E-state index contributed by atoms with van der Waals surface area (Å²) < 4.78 is 1.77. The Bertz CT molecular complexity index is 1120. The molecule has 0 bridgehead atoms. The summed E-state index contributed by atoms with van der Waals surface area (Å²) >= 11 is 0. The summed E-state index contributed by atoms with van der Waals surface area (Å²) in [5.74, 6) is -0.209. The minimum absolute atomic E-state index is 0.0185. The highest BCUT2D eigenvalue weighted by Gasteiger charge is 2.31. The van der Waals surface area contributed by atoms with Crippen LogP contribution in [0.3, 0.4) is 0 Å². The second-order valence-electron chi connectivity index (χ2n) is 8.44. The maximum atomic E-state index is 11.4. The number of pyridine rings is 1. The number of benzene rings is 1. The van der Waals surface area contributed by atoms with Gasteiger partial charge in [-0.2, -0.15) is 4.98 Å². The Hall–Kier alpha value is -3.46. The summed E-state index contributed by atoms with van der Waals surface area (Å²) in [6, 6.07) is 14.7. The van der Waals surface area contributed by atoms with E-state index in [0.717, 1.165) is 49.4 Å². The van der Waals surface area contributed by atoms with E-state index in [4.69, 9.17) is 10.8 Å². The van der Waals surface area contributed by atoms with Crippen LogP contribution in [0.15, 0.2) is 42.5 Å². The normalized spacial score (nSPS) is 16.2. The van der Waals surface area contributed by atoms with Crippen LogP contribution in [-0.4, -0.2) is 67.6 Å². The lowest BCUT2D eigenvalue weighted by Gasteiger charge is -2.43. The summed E-state index contributed by atoms with van der Waals surface area (Å²) in [4.78, 5) is 29.5. The third-order valence-electron chi connectivity index (χ3n) is 5.94. The molecule has 0 radical (unpaired) electrons. The number of hydrogen-bond acceptors (Lipinski definition) is 6. The second-order valence-corrected chi connectivity index (χ2v) is 8.44. The number of nitrogens with two attached hydrogens (primary N) is 1. The van der Waals surface area contributed by atoms with Crippen LogP contribution in [0.1, 0.15) is 25.3 Å². The van der Waals surface area contributed by atoms with Gasteiger partial charge in [0.25, 0.3) is 0 Å². The average Bonchev–Trinajstić information content (AvgIpc) is 3.52. The molecule has 1 aliphatic carbocycles. The quantitative estimate of drug-likeness (QED) is 0.629. The third kappa shape index (κ3) is 4.88. The first-order valence-electron chi connectivity index (χ1n) is 10.7. The highest BCUT2D eigenvalue weighted by molar-refractivity contribution is 5.73. The van der Waals surface area contributed by atoms with Gasteiger partial charge in [0.05, 0.1) is 17.7 Å². The zero-order valence-corrected chi connectivity index (χ0v) is 18.3. The summed E-state index contributed by atoms with van der Waals surface area (Å²) in [7, 11) is 1.87. The highest BCUT2D eigenvalue weighted by Crippen LogP contribution is 2.28. The Morgan fingerprint density at radius 3 is 2.41 bits per heavy atom. The number of likely N-dealkylation sites (tertiary alicyclic amines) is 1. The van der Waals surface area contributed by atoms with Crippen molar-refractivity contribution in [1.82, 2.24) is 24.4 Å². The molecular formula is C23H28N6O3. The van der Waals surface area contributed by atoms with Gasteiger partial charge in [0.2, 0.25) is 11.9 Å². The van der Waals surface area contributed by atoms with Crippen molar-refractivity contribution in [3.8, 4) is 11.3 Å². The van der Waals surface area contributed by atoms with E-state index < -0.39 is 5.97 Å². The van der Waals surface area contributed by atoms with Gasteiger partial charge in [-0.3, -0.25) is 14.5 Å². The lowest BCUT2D eigenvalue weighted by molar-refractivity contribution is -0.138. The first kappa shape index (κ1) is 21.8. The molecule has 2 aromatic heterocycles. The number of aromatic nitrogens is 3. The smallest absolute Gasteiger partial charge is 0.306 e. The number of carbonyl (C=O) groups excluding carboxylic acids is 1. The Morgan fingerprint density at radius 1 is 1.16 bits per heavy atom. The van der Waals surface area contributed by atoms with Crippen molar-refractivity contribution in [3.05, 3.63) is 48.0 Å². The van der Waals surface area contributed by atoms with Crippen LogP contribution in [0.25, 0.3) is 16.9 Å². The molecule has 168 valence electrons. The molecule has 1 saturated heterocycles. The largest absolute Gasteiger partial charge is 0.481 e. The van der Waals surface area contributed by atoms with Crippen molar-refractivity contribution in [2.75, 3.05) is 25.9 Å². The molecule has 9 nitrogen and oxygen atoms in total. The number of hydrogen-bond donors (Lipinski definition) is 2. The van der Waals surface area contributed by atoms with Gasteiger partial charge in [0.15, 0.2) is 5.65 Å². The van der Waals surface area contributed by atoms with Gasteiger partial charge >= 0.3 is 5.97 Å². The van der Waals surface area contributed by atoms with Crippen LogP contribution in [0.2, 0.25) is 0 Å². The minimum atomic E-state index is -0.630. The lowest BCUT2D eigenvalue weighted by atomic mass is 10.0. The van der Waals surface area contributed by atoms with E-state index in [1.165, 1.54) is 5.56 Å². The number of carboxylic acids is 1. The van der Waals surface area contributed by atoms with Crippen molar-refractivity contribution in [1.29, 1.82) is 0 Å². The topological polar surface area (TPSA) is 117 Å². The predicted octanol–water partition coefficient (Wildman–Crippen LogP) is 2.12. The Balaban J connectivity index is 0.000000354. The van der Waals surface area contributed by atoms with Gasteiger partial charge in [-0.05, 0) is 30.5 Å². The molecule has 0 unspecified atom stereocenters. The molecule has 2 aliphatic rings. The van der Waals surface area contributed by atoms with E-state index in [0.29, 0.717) is 6.04 Å². The van der Waals surface area contributed by atoms with Crippen LogP contribution >= 0.6 is 0 Å². The summed E-state index contributed by atoms with van der Waals surface area (Å²) in [5, 5.41) is 12.3. The van der Waals surface area contributed by atoms with E-state index >= 15 is 0 Å². The molecule has 3 aromatic rings. The van der Waals surface area contributed by atoms with Crippen molar-refractivity contribution < 1.29 is 14.7 Å². The van der Waals surface area contributed by atoms with Crippen LogP contribution in [0.4, 0.5) is 5.95 Å². The fraction of sp³-hybridized carbons (Fsp3) is 0.391. The van der Waals surface area contributed by atoms with Gasteiger partial charge < -0.3 is 15.7 Å². The number of anilines is 1. The first-order chi connectivity index (χ1) is 15.3. The zero-order chi connectivity index (χ0) is 22.8. The molecule has 0 spiro atoms. The van der Waals surface area contributed by atoms with Crippen molar-refractivity contribution in [2.45, 2.75) is 32.4 Å². The highest BCUT2D eigenvalue weighted by atomic mass is 16.4. The van der Waals surface area contributed by atoms with Crippen LogP contribution in [0, 0.1) is 5.92 Å². The molecule has 9 heteroatoms. The SMILES string of the molecule is CC(=O)N(C)C1CN(Cc2ccc(-c3cccc4nc(N)nn34)cc2)C1.O=C(O)C1CC1. The molecular weight excluding hydrogens is 408 g/mol. The number of aliphatic carboxylic acids is 1. The third-order valence-corrected chi connectivity index (χ3v) is 5.94. The molecule has 1 amide bonds. The van der Waals surface area contributed by atoms with E-state index in [9.17, 15) is 9.59 Å². The Labute approximate surface area is 186 Å². The molecule has 3 heterocycles. The molecule has 1 aromatic carbocycles. The summed E-state index contributed by atoms with van der Waals surface area (Å²) in [6.45, 7) is 4.36. The molecule has 0 atom stereocenters. The predicted molar refractivity (Wildman–Crippen MR) is 121 cm³/mol. The summed E-state index contributed by atoms with van der Waals surface area (Å²) in [6.07, 6.45) is 1.80. The van der Waals surface area contributed by atoms with E-state index in [1.807, 2.05) is 30.1 Å². The number of carboxylic acid groups (broad SMARTS) is 1. The molecule has 1 aliphatic heterocycles. The van der Waals surface area contributed by atoms with E-state index in [2.05, 4.69) is 39.2 Å². The number of carbonyl (C=O) groups is 2. The van der Waals surface area contributed by atoms with Crippen molar-refractivity contribution >= 4 is 23.5 Å². The molecule has 5 rings (SSSR count). The number of likely N-dealkylation sites (N-methyl/N-ethyl adjacent to an activating group) is 1. The number of fused-ring (bicyclic) bond motifs is 1. The monoisotopic (exact) mass is 436 g/mol. The maximum absolute atomic E-state index is 11.4. The standard InChI is InChI=1S/C19H22N6O.C4H6O2/c1-13(26)23(2)16-11-24(12-16)10-14-6-8-15(9-7-14)17-4-3-5-18-21-19(20)22-25(17)18;5-4(6)3-1-2-3/h3-9,16H,10-12H2,1-2H3,(H2,20,22);3H,1-2H2,(H,5,6). The van der Waals surface area contributed by atoms with Gasteiger partial charge in [0.1, 0.15) is 0 Å². The second kappa shape index (κ2) is 8.96. The number of nitrogen functional groups attached to an aromatic ring is 1. The first-order valence-corrected chi connectivity index (χ1v) is 10.7. The molecule has 3 N–H and O–H groups in total. The number of rotatable bonds is 5. The van der Waals surface area contributed by atoms with Crippen LogP contribution in [0.5, 0.6) is 0 Å². The minimum Gasteiger partial charge on any atom is -0.481 e. The van der Waals surface area contributed by atoms with Gasteiger partial charge in [-0.15, -0.1) is 5.10 Å². The molecule has 2 fully saturated rings. The van der Waals surface area contributed by atoms with Gasteiger partial charge in [-0.1, -0.05) is 30.3 Å². The fourth-order valence-electron chi connectivity index (χ4n) is 3.68. The van der Waals surface area contributed by atoms with Crippen LogP contribution < -0.4 is 5.73 Å². The van der Waals surface area contributed by atoms with Crippen molar-refractivity contribution in [3.63, 3.8) is 0 Å². The number of amides is 1. The van der Waals surface area contributed by atoms with E-state index in [1.54, 1.807) is 11.4 Å². The van der Waals surface area contributed by atoms with E-state index in [-0.39, 0.29) is 17.8 Å². The summed E-state index contributed by atoms with van der Waals surface area (Å²) in [5.41, 5.74) is 9.74. The van der Waals surface area contributed by atoms with Gasteiger partial charge in [-0.25, -0.2) is 4.52 Å². The zero-order valence-electron chi connectivity index (χ0n) is 18.3. The lowest BCUT2D eigenvalue weighted by Crippen LogP contribution is -2.58. The molecule has 32 heavy (non-hydrogen) atoms. The van der Waals surface area contributed by atoms with Crippen LogP contribution in [-0.2, 0) is 16.1 Å². The Morgan fingerprint density at radius 2 is 1.84 bits per heavy atom. The Kier molecular flexibility index (Phi) is 6.09.